The van der Waals surface area contributed by atoms with E-state index in [1.165, 1.54) is 6.07 Å². The molecule has 0 aromatic heterocycles. The average Bonchev–Trinajstić information content (AvgIpc) is 1.85. The number of carbonyl (C=O) groups is 1. The van der Waals surface area contributed by atoms with Crippen molar-refractivity contribution in [1.82, 2.24) is 0 Å². The van der Waals surface area contributed by atoms with E-state index >= 15 is 0 Å². The van der Waals surface area contributed by atoms with E-state index in [1.807, 2.05) is 0 Å². The molecule has 0 aliphatic rings. The van der Waals surface area contributed by atoms with E-state index < -0.39 is 11.7 Å². The number of carboxylic acids is 1. The maximum atomic E-state index is 10.8. The molecule has 1 rings (SSSR count). The van der Waals surface area contributed by atoms with Gasteiger partial charge in [0.15, 0.2) is 0 Å². The first-order valence-corrected chi connectivity index (χ1v) is 2.89. The molecule has 5 heteroatoms. The SMILES string of the molecule is Nc1ccc(C(=O)[O-])c([O-])c1.[Zn+2]. The predicted molar refractivity (Wildman–Crippen MR) is 34.6 cm³/mol. The van der Waals surface area contributed by atoms with E-state index in [0.29, 0.717) is 0 Å². The molecule has 12 heavy (non-hydrogen) atoms. The van der Waals surface area contributed by atoms with Crippen LogP contribution in [-0.4, -0.2) is 5.97 Å². The molecule has 0 spiro atoms. The average molecular weight is 217 g/mol. The number of hydrogen-bond donors (Lipinski definition) is 1. The van der Waals surface area contributed by atoms with Crippen LogP contribution in [0.3, 0.4) is 0 Å². The summed E-state index contributed by atoms with van der Waals surface area (Å²) in [6.07, 6.45) is 0. The Kier molecular flexibility index (Phi) is 3.70. The van der Waals surface area contributed by atoms with Gasteiger partial charge in [-0.3, -0.25) is 0 Å². The number of hydrogen-bond acceptors (Lipinski definition) is 4. The molecule has 0 radical (unpaired) electrons. The van der Waals surface area contributed by atoms with Crippen LogP contribution in [0.25, 0.3) is 0 Å². The van der Waals surface area contributed by atoms with Gasteiger partial charge in [-0.25, -0.2) is 0 Å². The Morgan fingerprint density at radius 1 is 1.42 bits per heavy atom. The second-order valence-electron chi connectivity index (χ2n) is 2.04. The third kappa shape index (κ3) is 2.20. The van der Waals surface area contributed by atoms with Gasteiger partial charge in [0.1, 0.15) is 0 Å². The van der Waals surface area contributed by atoms with Crippen molar-refractivity contribution in [1.29, 1.82) is 0 Å². The summed E-state index contributed by atoms with van der Waals surface area (Å²) in [5.41, 5.74) is 5.10. The van der Waals surface area contributed by atoms with Crippen molar-refractivity contribution >= 4 is 11.7 Å². The zero-order chi connectivity index (χ0) is 8.43. The molecule has 2 N–H and O–H groups in total. The normalized spacial score (nSPS) is 8.67. The summed E-state index contributed by atoms with van der Waals surface area (Å²) in [6, 6.07) is 3.52. The molecule has 0 saturated carbocycles. The molecule has 4 nitrogen and oxygen atoms in total. The minimum atomic E-state index is -1.48. The first-order valence-electron chi connectivity index (χ1n) is 2.89. The fraction of sp³-hybridized carbons (Fsp3) is 0. The van der Waals surface area contributed by atoms with Crippen LogP contribution in [-0.2, 0) is 19.5 Å². The summed E-state index contributed by atoms with van der Waals surface area (Å²) < 4.78 is 0. The fourth-order valence-electron chi connectivity index (χ4n) is 0.708. The largest absolute Gasteiger partial charge is 2.00 e. The topological polar surface area (TPSA) is 89.2 Å². The van der Waals surface area contributed by atoms with E-state index in [-0.39, 0.29) is 30.7 Å². The molecular formula is C7H5NO3Zn. The van der Waals surface area contributed by atoms with Crippen molar-refractivity contribution in [2.75, 3.05) is 5.73 Å². The van der Waals surface area contributed by atoms with E-state index in [2.05, 4.69) is 0 Å². The minimum Gasteiger partial charge on any atom is -0.872 e. The first-order chi connectivity index (χ1) is 5.11. The van der Waals surface area contributed by atoms with Crippen LogP contribution in [0.2, 0.25) is 0 Å². The molecular weight excluding hydrogens is 211 g/mol. The Morgan fingerprint density at radius 2 is 2.00 bits per heavy atom. The van der Waals surface area contributed by atoms with Gasteiger partial charge in [-0.05, 0) is 17.7 Å². The maximum Gasteiger partial charge on any atom is 2.00 e. The molecule has 0 atom stereocenters. The monoisotopic (exact) mass is 215 g/mol. The summed E-state index contributed by atoms with van der Waals surface area (Å²) in [7, 11) is 0. The molecule has 0 saturated heterocycles. The van der Waals surface area contributed by atoms with Crippen LogP contribution < -0.4 is 15.9 Å². The van der Waals surface area contributed by atoms with E-state index in [4.69, 9.17) is 5.73 Å². The van der Waals surface area contributed by atoms with Crippen LogP contribution >= 0.6 is 0 Å². The van der Waals surface area contributed by atoms with Gasteiger partial charge in [-0.15, -0.1) is 0 Å². The van der Waals surface area contributed by atoms with Crippen molar-refractivity contribution < 1.29 is 34.5 Å². The Hall–Kier alpha value is -1.09. The zero-order valence-corrected chi connectivity index (χ0v) is 9.21. The summed E-state index contributed by atoms with van der Waals surface area (Å²) in [5.74, 6) is -2.10. The van der Waals surface area contributed by atoms with E-state index in [1.54, 1.807) is 0 Å². The number of benzene rings is 1. The van der Waals surface area contributed by atoms with Gasteiger partial charge in [-0.1, -0.05) is 11.8 Å². The molecule has 0 aliphatic heterocycles. The van der Waals surface area contributed by atoms with Crippen LogP contribution in [0.4, 0.5) is 5.69 Å². The Morgan fingerprint density at radius 3 is 2.42 bits per heavy atom. The Bertz CT molecular complexity index is 301. The number of nitrogen functional groups attached to an aromatic ring is 1. The van der Waals surface area contributed by atoms with Crippen molar-refractivity contribution in [3.63, 3.8) is 0 Å². The van der Waals surface area contributed by atoms with Gasteiger partial charge in [-0.2, -0.15) is 0 Å². The Labute approximate surface area is 81.8 Å². The molecule has 1 aromatic carbocycles. The fourth-order valence-corrected chi connectivity index (χ4v) is 0.708. The third-order valence-electron chi connectivity index (χ3n) is 1.23. The molecule has 0 amide bonds. The molecule has 0 fully saturated rings. The molecule has 0 heterocycles. The predicted octanol–water partition coefficient (Wildman–Crippen LogP) is -1.30. The van der Waals surface area contributed by atoms with Crippen LogP contribution in [0.5, 0.6) is 5.75 Å². The van der Waals surface area contributed by atoms with Gasteiger partial charge < -0.3 is 20.7 Å². The van der Waals surface area contributed by atoms with Crippen molar-refractivity contribution in [2.24, 2.45) is 0 Å². The second kappa shape index (κ2) is 4.07. The van der Waals surface area contributed by atoms with Gasteiger partial charge in [0.25, 0.3) is 0 Å². The van der Waals surface area contributed by atoms with Gasteiger partial charge >= 0.3 is 19.5 Å². The second-order valence-corrected chi connectivity index (χ2v) is 2.04. The van der Waals surface area contributed by atoms with Crippen LogP contribution in [0.15, 0.2) is 18.2 Å². The van der Waals surface area contributed by atoms with Gasteiger partial charge in [0.2, 0.25) is 0 Å². The molecule has 1 aromatic rings. The quantitative estimate of drug-likeness (QED) is 0.467. The smallest absolute Gasteiger partial charge is 0.872 e. The van der Waals surface area contributed by atoms with Crippen LogP contribution in [0.1, 0.15) is 10.4 Å². The summed E-state index contributed by atoms with van der Waals surface area (Å²) in [5, 5.41) is 21.0. The summed E-state index contributed by atoms with van der Waals surface area (Å²) >= 11 is 0. The summed E-state index contributed by atoms with van der Waals surface area (Å²) in [4.78, 5) is 10.2. The maximum absolute atomic E-state index is 10.8. The minimum absolute atomic E-state index is 0. The Balaban J connectivity index is 0.00000121. The molecule has 0 unspecified atom stereocenters. The number of anilines is 1. The van der Waals surface area contributed by atoms with Crippen molar-refractivity contribution in [3.05, 3.63) is 23.8 Å². The number of carbonyl (C=O) groups excluding carboxylic acids is 1. The van der Waals surface area contributed by atoms with Crippen LogP contribution in [0, 0.1) is 0 Å². The first kappa shape index (κ1) is 10.9. The third-order valence-corrected chi connectivity index (χ3v) is 1.23. The van der Waals surface area contributed by atoms with E-state index in [0.717, 1.165) is 12.1 Å². The number of carboxylic acid groups (broad SMARTS) is 1. The number of rotatable bonds is 1. The van der Waals surface area contributed by atoms with Crippen molar-refractivity contribution in [3.8, 4) is 5.75 Å². The van der Waals surface area contributed by atoms with Gasteiger partial charge in [0.05, 0.1) is 5.97 Å². The molecule has 58 valence electrons. The van der Waals surface area contributed by atoms with E-state index in [9.17, 15) is 15.0 Å². The van der Waals surface area contributed by atoms with Crippen molar-refractivity contribution in [2.45, 2.75) is 0 Å². The standard InChI is InChI=1S/C7H7NO3.Zn/c8-4-1-2-5(7(10)11)6(9)3-4;/h1-3,9H,8H2,(H,10,11);/q;+2/p-2. The molecule has 0 bridgehead atoms. The summed E-state index contributed by atoms with van der Waals surface area (Å²) in [6.45, 7) is 0. The zero-order valence-electron chi connectivity index (χ0n) is 6.24. The van der Waals surface area contributed by atoms with Gasteiger partial charge in [0, 0.05) is 5.69 Å². The number of aromatic carboxylic acids is 1. The molecule has 0 aliphatic carbocycles. The number of nitrogens with two attached hydrogens (primary N) is 1.